The molecule has 2 rings (SSSR count). The predicted molar refractivity (Wildman–Crippen MR) is 196 cm³/mol. The second kappa shape index (κ2) is 25.7. The van der Waals surface area contributed by atoms with Crippen molar-refractivity contribution in [1.82, 2.24) is 0 Å². The van der Waals surface area contributed by atoms with Gasteiger partial charge >= 0.3 is 17.9 Å². The van der Waals surface area contributed by atoms with Crippen molar-refractivity contribution in [3.63, 3.8) is 0 Å². The molecule has 0 saturated carbocycles. The van der Waals surface area contributed by atoms with Gasteiger partial charge in [0.1, 0.15) is 25.9 Å². The van der Waals surface area contributed by atoms with E-state index in [1.807, 2.05) is 78.8 Å². The molecule has 280 valence electrons. The van der Waals surface area contributed by atoms with Gasteiger partial charge in [0.15, 0.2) is 0 Å². The third-order valence-corrected chi connectivity index (χ3v) is 8.45. The van der Waals surface area contributed by atoms with Gasteiger partial charge in [-0.05, 0) is 84.3 Å². The fourth-order valence-corrected chi connectivity index (χ4v) is 3.12. The lowest BCUT2D eigenvalue weighted by Gasteiger charge is -2.21. The lowest BCUT2D eigenvalue weighted by molar-refractivity contribution is -0.158. The average molecular weight is 691 g/mol. The molecule has 0 saturated heterocycles. The second-order valence-electron chi connectivity index (χ2n) is 13.8. The smallest absolute Gasteiger partial charge is 0.311 e. The first-order valence-corrected chi connectivity index (χ1v) is 17.4. The molecule has 0 aromatic heterocycles. The Morgan fingerprint density at radius 1 is 0.653 bits per heavy atom. The minimum atomic E-state index is -0.975. The van der Waals surface area contributed by atoms with E-state index in [2.05, 4.69) is 44.2 Å². The van der Waals surface area contributed by atoms with E-state index in [0.29, 0.717) is 18.9 Å². The minimum Gasteiger partial charge on any atom is -0.463 e. The summed E-state index contributed by atoms with van der Waals surface area (Å²) in [5.41, 5.74) is 1.15. The molecule has 2 aromatic carbocycles. The number of aliphatic hydroxyl groups is 3. The van der Waals surface area contributed by atoms with E-state index in [0.717, 1.165) is 18.4 Å². The average Bonchev–Trinajstić information content (AvgIpc) is 3.12. The van der Waals surface area contributed by atoms with Crippen LogP contribution in [0.3, 0.4) is 0 Å². The number of aliphatic hydroxyl groups excluding tert-OH is 3. The summed E-state index contributed by atoms with van der Waals surface area (Å²) in [5, 5.41) is 25.8. The molecular weight excluding hydrogens is 624 g/mol. The van der Waals surface area contributed by atoms with E-state index < -0.39 is 16.9 Å². The molecule has 0 amide bonds. The van der Waals surface area contributed by atoms with Gasteiger partial charge in [-0.15, -0.1) is 0 Å². The van der Waals surface area contributed by atoms with Crippen molar-refractivity contribution in [3.8, 4) is 0 Å². The molecule has 2 aromatic rings. The molecule has 49 heavy (non-hydrogen) atoms. The van der Waals surface area contributed by atoms with Crippen LogP contribution in [0.5, 0.6) is 0 Å². The quantitative estimate of drug-likeness (QED) is 0.127. The number of hydrogen-bond donors (Lipinski definition) is 3. The van der Waals surface area contributed by atoms with Crippen molar-refractivity contribution in [3.05, 3.63) is 71.8 Å². The summed E-state index contributed by atoms with van der Waals surface area (Å²) in [4.78, 5) is 34.1. The Morgan fingerprint density at radius 3 is 1.45 bits per heavy atom. The van der Waals surface area contributed by atoms with Crippen molar-refractivity contribution >= 4 is 17.9 Å². The van der Waals surface area contributed by atoms with Crippen molar-refractivity contribution in [2.75, 3.05) is 26.4 Å². The number of benzene rings is 2. The van der Waals surface area contributed by atoms with Crippen LogP contribution in [0.2, 0.25) is 0 Å². The summed E-state index contributed by atoms with van der Waals surface area (Å²) in [5.74, 6) is -0.00777. The number of ether oxygens (including phenoxy) is 3. The standard InChI is InChI=1S/C13H18O2.C10H14.C9H18O4.C8H16O3/c1-4-13(2,3)12(14)15-10-11-8-6-5-7-9-11;1-3-9(2)10-7-5-4-6-8-10;1-4-9(2,3)8(12)13-6-7(11)5-10;1-4-8(2,3)7(10)11-6-5-9/h5-9H,4,10H2,1-3H3;4-9H,3H2,1-2H3;7,10-11H,4-6H2,1-3H3;9H,4-6H2,1-3H3. The highest BCUT2D eigenvalue weighted by atomic mass is 16.5. The first kappa shape index (κ1) is 47.8. The summed E-state index contributed by atoms with van der Waals surface area (Å²) in [6.07, 6.45) is 2.47. The molecule has 0 heterocycles. The van der Waals surface area contributed by atoms with Gasteiger partial charge in [-0.3, -0.25) is 14.4 Å². The third-order valence-electron chi connectivity index (χ3n) is 8.45. The van der Waals surface area contributed by atoms with Gasteiger partial charge in [-0.2, -0.15) is 0 Å². The molecule has 0 spiro atoms. The highest BCUT2D eigenvalue weighted by molar-refractivity contribution is 5.76. The van der Waals surface area contributed by atoms with Gasteiger partial charge < -0.3 is 29.5 Å². The highest BCUT2D eigenvalue weighted by Crippen LogP contribution is 2.23. The Bertz CT molecular complexity index is 1140. The van der Waals surface area contributed by atoms with Gasteiger partial charge in [0, 0.05) is 0 Å². The monoisotopic (exact) mass is 690 g/mol. The zero-order valence-electron chi connectivity index (χ0n) is 32.1. The summed E-state index contributed by atoms with van der Waals surface area (Å²) < 4.78 is 14.8. The molecule has 2 atom stereocenters. The van der Waals surface area contributed by atoms with Crippen LogP contribution in [-0.2, 0) is 35.2 Å². The van der Waals surface area contributed by atoms with Crippen LogP contribution >= 0.6 is 0 Å². The molecule has 0 radical (unpaired) electrons. The molecule has 9 heteroatoms. The van der Waals surface area contributed by atoms with E-state index in [1.54, 1.807) is 13.8 Å². The van der Waals surface area contributed by atoms with Crippen molar-refractivity contribution in [1.29, 1.82) is 0 Å². The highest BCUT2D eigenvalue weighted by Gasteiger charge is 2.28. The molecule has 0 aliphatic heterocycles. The number of carbonyl (C=O) groups excluding carboxylic acids is 3. The van der Waals surface area contributed by atoms with Crippen LogP contribution in [0, 0.1) is 16.2 Å². The maximum absolute atomic E-state index is 11.6. The number of rotatable bonds is 15. The Morgan fingerprint density at radius 2 is 1.06 bits per heavy atom. The van der Waals surface area contributed by atoms with E-state index in [4.69, 9.17) is 29.5 Å². The minimum absolute atomic E-state index is 0.0995. The van der Waals surface area contributed by atoms with Gasteiger partial charge in [0.2, 0.25) is 0 Å². The number of esters is 3. The van der Waals surface area contributed by atoms with Crippen LogP contribution in [0.15, 0.2) is 60.7 Å². The van der Waals surface area contributed by atoms with Crippen molar-refractivity contribution < 1.29 is 43.9 Å². The topological polar surface area (TPSA) is 140 Å². The maximum atomic E-state index is 11.6. The number of hydrogen-bond acceptors (Lipinski definition) is 9. The first-order chi connectivity index (χ1) is 22.9. The summed E-state index contributed by atoms with van der Waals surface area (Å²) in [6.45, 7) is 21.1. The van der Waals surface area contributed by atoms with E-state index in [1.165, 1.54) is 12.0 Å². The van der Waals surface area contributed by atoms with E-state index >= 15 is 0 Å². The molecule has 3 N–H and O–H groups in total. The Hall–Kier alpha value is -3.27. The van der Waals surface area contributed by atoms with Gasteiger partial charge in [0.05, 0.1) is 29.5 Å². The summed E-state index contributed by atoms with van der Waals surface area (Å²) in [7, 11) is 0. The molecule has 0 bridgehead atoms. The molecule has 0 fully saturated rings. The van der Waals surface area contributed by atoms with Gasteiger partial charge in [-0.1, -0.05) is 95.3 Å². The lowest BCUT2D eigenvalue weighted by Crippen LogP contribution is -2.30. The van der Waals surface area contributed by atoms with Crippen LogP contribution in [0.4, 0.5) is 0 Å². The molecule has 9 nitrogen and oxygen atoms in total. The van der Waals surface area contributed by atoms with Gasteiger partial charge in [0.25, 0.3) is 0 Å². The largest absolute Gasteiger partial charge is 0.463 e. The SMILES string of the molecule is CCC(C)(C)C(=O)OCC(O)CO.CCC(C)(C)C(=O)OCCO.CCC(C)(C)C(=O)OCc1ccccc1.CCC(C)c1ccccc1. The summed E-state index contributed by atoms with van der Waals surface area (Å²) >= 11 is 0. The normalized spacial score (nSPS) is 12.3. The maximum Gasteiger partial charge on any atom is 0.311 e. The molecular formula is C40H66O9. The van der Waals surface area contributed by atoms with Crippen molar-refractivity contribution in [2.24, 2.45) is 16.2 Å². The van der Waals surface area contributed by atoms with Crippen LogP contribution in [-0.4, -0.2) is 65.8 Å². The molecule has 0 aliphatic rings. The Kier molecular flexibility index (Phi) is 25.1. The second-order valence-corrected chi connectivity index (χ2v) is 13.8. The predicted octanol–water partition coefficient (Wildman–Crippen LogP) is 7.64. The molecule has 2 unspecified atom stereocenters. The van der Waals surface area contributed by atoms with Crippen molar-refractivity contribution in [2.45, 2.75) is 120 Å². The first-order valence-electron chi connectivity index (χ1n) is 17.4. The zero-order chi connectivity index (χ0) is 38.1. The Balaban J connectivity index is 0. The Labute approximate surface area is 296 Å². The summed E-state index contributed by atoms with van der Waals surface area (Å²) in [6, 6.07) is 20.4. The lowest BCUT2D eigenvalue weighted by atomic mass is 9.91. The fraction of sp³-hybridized carbons (Fsp3) is 0.625. The van der Waals surface area contributed by atoms with Crippen LogP contribution < -0.4 is 0 Å². The van der Waals surface area contributed by atoms with Crippen LogP contribution in [0.1, 0.15) is 119 Å². The fourth-order valence-electron chi connectivity index (χ4n) is 3.12. The molecule has 0 aliphatic carbocycles. The third kappa shape index (κ3) is 21.4. The number of carbonyl (C=O) groups is 3. The van der Waals surface area contributed by atoms with E-state index in [9.17, 15) is 14.4 Å². The zero-order valence-corrected chi connectivity index (χ0v) is 32.1. The van der Waals surface area contributed by atoms with Crippen LogP contribution in [0.25, 0.3) is 0 Å². The van der Waals surface area contributed by atoms with E-state index in [-0.39, 0.29) is 49.8 Å². The van der Waals surface area contributed by atoms with Gasteiger partial charge in [-0.25, -0.2) is 0 Å².